The summed E-state index contributed by atoms with van der Waals surface area (Å²) in [4.78, 5) is 10.0. The van der Waals surface area contributed by atoms with Gasteiger partial charge in [-0.3, -0.25) is 10.1 Å². The number of rotatable bonds is 2. The van der Waals surface area contributed by atoms with Gasteiger partial charge in [0.05, 0.1) is 4.92 Å². The molecule has 0 amide bonds. The molecule has 0 aromatic heterocycles. The minimum Gasteiger partial charge on any atom is -0.258 e. The highest BCUT2D eigenvalue weighted by Gasteiger charge is 2.06. The van der Waals surface area contributed by atoms with Crippen LogP contribution in [0.25, 0.3) is 0 Å². The molecule has 0 saturated heterocycles. The van der Waals surface area contributed by atoms with Crippen molar-refractivity contribution < 1.29 is 4.92 Å². The van der Waals surface area contributed by atoms with Crippen molar-refractivity contribution in [3.8, 4) is 0 Å². The Kier molecular flexibility index (Phi) is 5.53. The lowest BCUT2D eigenvalue weighted by Crippen LogP contribution is -1.91. The Balaban J connectivity index is 0.000000791. The zero-order chi connectivity index (χ0) is 11.1. The van der Waals surface area contributed by atoms with Crippen molar-refractivity contribution in [2.24, 2.45) is 0 Å². The first-order valence-corrected chi connectivity index (χ1v) is 4.85. The van der Waals surface area contributed by atoms with Crippen LogP contribution in [-0.2, 0) is 0 Å². The molecule has 3 heteroatoms. The first kappa shape index (κ1) is 12.6. The van der Waals surface area contributed by atoms with Gasteiger partial charge in [0.2, 0.25) is 0 Å². The summed E-state index contributed by atoms with van der Waals surface area (Å²) in [5.74, 6) is 0.338. The summed E-state index contributed by atoms with van der Waals surface area (Å²) < 4.78 is 0. The van der Waals surface area contributed by atoms with E-state index < -0.39 is 0 Å². The average molecular weight is 195 g/mol. The number of nitrogens with zero attached hydrogens (tertiary/aromatic N) is 1. The van der Waals surface area contributed by atoms with Gasteiger partial charge in [-0.2, -0.15) is 0 Å². The highest BCUT2D eigenvalue weighted by Crippen LogP contribution is 2.19. The summed E-state index contributed by atoms with van der Waals surface area (Å²) >= 11 is 0. The molecule has 0 spiro atoms. The molecule has 14 heavy (non-hydrogen) atoms. The van der Waals surface area contributed by atoms with Gasteiger partial charge in [0.1, 0.15) is 0 Å². The van der Waals surface area contributed by atoms with Crippen molar-refractivity contribution in [2.45, 2.75) is 33.6 Å². The van der Waals surface area contributed by atoms with Gasteiger partial charge < -0.3 is 0 Å². The lowest BCUT2D eigenvalue weighted by molar-refractivity contribution is -0.384. The Morgan fingerprint density at radius 3 is 2.29 bits per heavy atom. The third-order valence-corrected chi connectivity index (χ3v) is 1.75. The van der Waals surface area contributed by atoms with Gasteiger partial charge in [0, 0.05) is 12.1 Å². The maximum absolute atomic E-state index is 10.4. The predicted octanol–water partition coefficient (Wildman–Crippen LogP) is 3.74. The molecule has 0 heterocycles. The Bertz CT molecular complexity index is 295. The standard InChI is InChI=1S/C9H11NO2.C2H6/c1-7(2)8-4-3-5-9(6-8)10(11)12;1-2/h3-7H,1-2H3;1-2H3. The minimum absolute atomic E-state index is 0.168. The third-order valence-electron chi connectivity index (χ3n) is 1.75. The molecule has 0 saturated carbocycles. The number of hydrogen-bond acceptors (Lipinski definition) is 2. The van der Waals surface area contributed by atoms with Crippen LogP contribution in [-0.4, -0.2) is 4.92 Å². The van der Waals surface area contributed by atoms with Crippen molar-refractivity contribution in [1.82, 2.24) is 0 Å². The number of non-ortho nitro benzene ring substituents is 1. The summed E-state index contributed by atoms with van der Waals surface area (Å²) in [7, 11) is 0. The van der Waals surface area contributed by atoms with Crippen molar-refractivity contribution in [2.75, 3.05) is 0 Å². The molecule has 1 rings (SSSR count). The lowest BCUT2D eigenvalue weighted by Gasteiger charge is -2.03. The molecule has 0 N–H and O–H groups in total. The van der Waals surface area contributed by atoms with Gasteiger partial charge in [0.25, 0.3) is 5.69 Å². The zero-order valence-electron chi connectivity index (χ0n) is 9.15. The normalized spacial score (nSPS) is 9.21. The van der Waals surface area contributed by atoms with E-state index >= 15 is 0 Å². The number of nitro benzene ring substituents is 1. The van der Waals surface area contributed by atoms with Crippen LogP contribution < -0.4 is 0 Å². The summed E-state index contributed by atoms with van der Waals surface area (Å²) in [6.07, 6.45) is 0. The van der Waals surface area contributed by atoms with E-state index in [1.165, 1.54) is 6.07 Å². The SMILES string of the molecule is CC.CC(C)c1cccc([N+](=O)[O-])c1. The van der Waals surface area contributed by atoms with Crippen LogP contribution in [0, 0.1) is 10.1 Å². The van der Waals surface area contributed by atoms with Crippen LogP contribution in [0.5, 0.6) is 0 Å². The summed E-state index contributed by atoms with van der Waals surface area (Å²) in [5, 5.41) is 10.4. The lowest BCUT2D eigenvalue weighted by atomic mass is 10.0. The Morgan fingerprint density at radius 2 is 1.86 bits per heavy atom. The molecule has 3 nitrogen and oxygen atoms in total. The predicted molar refractivity (Wildman–Crippen MR) is 58.5 cm³/mol. The molecule has 1 aromatic rings. The number of benzene rings is 1. The smallest absolute Gasteiger partial charge is 0.258 e. The second kappa shape index (κ2) is 6.13. The van der Waals surface area contributed by atoms with Crippen molar-refractivity contribution >= 4 is 5.69 Å². The first-order valence-electron chi connectivity index (χ1n) is 4.85. The highest BCUT2D eigenvalue weighted by atomic mass is 16.6. The average Bonchev–Trinajstić information content (AvgIpc) is 2.21. The van der Waals surface area contributed by atoms with Crippen molar-refractivity contribution in [1.29, 1.82) is 0 Å². The summed E-state index contributed by atoms with van der Waals surface area (Å²) in [5.41, 5.74) is 1.17. The molecule has 78 valence electrons. The van der Waals surface area contributed by atoms with Crippen LogP contribution in [0.3, 0.4) is 0 Å². The van der Waals surface area contributed by atoms with E-state index in [-0.39, 0.29) is 10.6 Å². The van der Waals surface area contributed by atoms with Crippen LogP contribution >= 0.6 is 0 Å². The Labute approximate surface area is 84.9 Å². The fourth-order valence-corrected chi connectivity index (χ4v) is 0.997. The van der Waals surface area contributed by atoms with E-state index in [0.29, 0.717) is 5.92 Å². The van der Waals surface area contributed by atoms with Gasteiger partial charge in [0.15, 0.2) is 0 Å². The molecule has 0 aliphatic heterocycles. The second-order valence-electron chi connectivity index (χ2n) is 3.01. The largest absolute Gasteiger partial charge is 0.269 e. The van der Waals surface area contributed by atoms with Gasteiger partial charge in [-0.05, 0) is 11.5 Å². The van der Waals surface area contributed by atoms with Crippen molar-refractivity contribution in [3.63, 3.8) is 0 Å². The molecular formula is C11H17NO2. The fraction of sp³-hybridized carbons (Fsp3) is 0.455. The zero-order valence-corrected chi connectivity index (χ0v) is 9.15. The number of hydrogen-bond donors (Lipinski definition) is 0. The Morgan fingerprint density at radius 1 is 1.29 bits per heavy atom. The monoisotopic (exact) mass is 195 g/mol. The molecule has 0 unspecified atom stereocenters. The molecule has 0 aliphatic rings. The summed E-state index contributed by atoms with van der Waals surface area (Å²) in [6.45, 7) is 8.03. The van der Waals surface area contributed by atoms with Gasteiger partial charge >= 0.3 is 0 Å². The third kappa shape index (κ3) is 3.56. The maximum Gasteiger partial charge on any atom is 0.269 e. The Hall–Kier alpha value is -1.38. The topological polar surface area (TPSA) is 43.1 Å². The van der Waals surface area contributed by atoms with E-state index in [1.807, 2.05) is 33.8 Å². The van der Waals surface area contributed by atoms with Crippen LogP contribution in [0.1, 0.15) is 39.2 Å². The van der Waals surface area contributed by atoms with Crippen LogP contribution in [0.4, 0.5) is 5.69 Å². The quantitative estimate of drug-likeness (QED) is 0.533. The number of nitro groups is 1. The van der Waals surface area contributed by atoms with E-state index in [9.17, 15) is 10.1 Å². The van der Waals surface area contributed by atoms with Gasteiger partial charge in [-0.1, -0.05) is 39.8 Å². The van der Waals surface area contributed by atoms with Crippen LogP contribution in [0.2, 0.25) is 0 Å². The molecular weight excluding hydrogens is 178 g/mol. The van der Waals surface area contributed by atoms with E-state index in [4.69, 9.17) is 0 Å². The fourth-order valence-electron chi connectivity index (χ4n) is 0.997. The molecule has 1 aromatic carbocycles. The molecule has 0 radical (unpaired) electrons. The molecule has 0 bridgehead atoms. The minimum atomic E-state index is -0.369. The first-order chi connectivity index (χ1) is 6.61. The maximum atomic E-state index is 10.4. The van der Waals surface area contributed by atoms with Gasteiger partial charge in [-0.25, -0.2) is 0 Å². The van der Waals surface area contributed by atoms with E-state index in [0.717, 1.165) is 5.56 Å². The molecule has 0 fully saturated rings. The molecule has 0 aliphatic carbocycles. The second-order valence-corrected chi connectivity index (χ2v) is 3.01. The van der Waals surface area contributed by atoms with E-state index in [1.54, 1.807) is 12.1 Å². The van der Waals surface area contributed by atoms with Crippen LogP contribution in [0.15, 0.2) is 24.3 Å². The summed E-state index contributed by atoms with van der Waals surface area (Å²) in [6, 6.07) is 6.74. The van der Waals surface area contributed by atoms with Gasteiger partial charge in [-0.15, -0.1) is 0 Å². The van der Waals surface area contributed by atoms with E-state index in [2.05, 4.69) is 0 Å². The van der Waals surface area contributed by atoms with Crippen molar-refractivity contribution in [3.05, 3.63) is 39.9 Å². The highest BCUT2D eigenvalue weighted by molar-refractivity contribution is 5.35. The molecule has 0 atom stereocenters.